The highest BCUT2D eigenvalue weighted by Crippen LogP contribution is 2.18. The zero-order valence-corrected chi connectivity index (χ0v) is 13.0. The first kappa shape index (κ1) is 16.9. The molecule has 1 fully saturated rings. The maximum Gasteiger partial charge on any atom is 0.309 e. The molecule has 1 aliphatic rings. The first-order chi connectivity index (χ1) is 9.20. The van der Waals surface area contributed by atoms with E-state index in [1.54, 1.807) is 13.8 Å². The maximum atomic E-state index is 11.5. The Morgan fingerprint density at radius 1 is 1.20 bits per heavy atom. The molecular formula is C12H23N3O4S. The molecule has 7 nitrogen and oxygen atoms in total. The highest BCUT2D eigenvalue weighted by atomic mass is 32.2. The van der Waals surface area contributed by atoms with Crippen LogP contribution in [-0.2, 0) is 19.6 Å². The fraction of sp³-hybridized carbons (Fsp3) is 0.833. The second kappa shape index (κ2) is 7.03. The molecule has 1 heterocycles. The number of amides is 2. The molecule has 0 bridgehead atoms. The van der Waals surface area contributed by atoms with Crippen molar-refractivity contribution in [3.05, 3.63) is 0 Å². The number of rotatable bonds is 4. The SMILES string of the molecule is CC(C)NC(=O)C(=O)NCC1CCN(S(C)(=O)=O)CC1. The summed E-state index contributed by atoms with van der Waals surface area (Å²) in [4.78, 5) is 22.9. The molecular weight excluding hydrogens is 282 g/mol. The van der Waals surface area contributed by atoms with Gasteiger partial charge in [-0.3, -0.25) is 9.59 Å². The lowest BCUT2D eigenvalue weighted by atomic mass is 9.98. The molecule has 1 aliphatic heterocycles. The van der Waals surface area contributed by atoms with Gasteiger partial charge in [-0.25, -0.2) is 12.7 Å². The van der Waals surface area contributed by atoms with Gasteiger partial charge in [-0.15, -0.1) is 0 Å². The van der Waals surface area contributed by atoms with Gasteiger partial charge in [-0.1, -0.05) is 0 Å². The molecule has 0 radical (unpaired) electrons. The van der Waals surface area contributed by atoms with Crippen molar-refractivity contribution in [2.45, 2.75) is 32.7 Å². The molecule has 0 aromatic carbocycles. The summed E-state index contributed by atoms with van der Waals surface area (Å²) in [6, 6.07) is -0.0775. The van der Waals surface area contributed by atoms with Gasteiger partial charge in [0.1, 0.15) is 0 Å². The van der Waals surface area contributed by atoms with Gasteiger partial charge in [-0.05, 0) is 32.6 Å². The number of carbonyl (C=O) groups is 2. The summed E-state index contributed by atoms with van der Waals surface area (Å²) < 4.78 is 24.1. The molecule has 116 valence electrons. The van der Waals surface area contributed by atoms with E-state index in [0.717, 1.165) is 0 Å². The largest absolute Gasteiger partial charge is 0.348 e. The van der Waals surface area contributed by atoms with Crippen molar-refractivity contribution in [1.29, 1.82) is 0 Å². The van der Waals surface area contributed by atoms with Gasteiger partial charge in [0, 0.05) is 25.7 Å². The number of sulfonamides is 1. The van der Waals surface area contributed by atoms with Crippen LogP contribution in [0.2, 0.25) is 0 Å². The van der Waals surface area contributed by atoms with Crippen LogP contribution in [-0.4, -0.2) is 56.5 Å². The van der Waals surface area contributed by atoms with E-state index in [4.69, 9.17) is 0 Å². The van der Waals surface area contributed by atoms with Crippen LogP contribution in [0.3, 0.4) is 0 Å². The van der Waals surface area contributed by atoms with Crippen molar-refractivity contribution in [3.63, 3.8) is 0 Å². The standard InChI is InChI=1S/C12H23N3O4S/c1-9(2)14-12(17)11(16)13-8-10-4-6-15(7-5-10)20(3,18)19/h9-10H,4-8H2,1-3H3,(H,13,16)(H,14,17). The fourth-order valence-electron chi connectivity index (χ4n) is 2.09. The van der Waals surface area contributed by atoms with Gasteiger partial charge in [0.05, 0.1) is 6.26 Å². The van der Waals surface area contributed by atoms with Crippen LogP contribution in [0.25, 0.3) is 0 Å². The van der Waals surface area contributed by atoms with Crippen LogP contribution in [0, 0.1) is 5.92 Å². The van der Waals surface area contributed by atoms with Gasteiger partial charge in [-0.2, -0.15) is 0 Å². The lowest BCUT2D eigenvalue weighted by Gasteiger charge is -2.30. The van der Waals surface area contributed by atoms with E-state index in [0.29, 0.717) is 32.5 Å². The molecule has 0 saturated carbocycles. The third kappa shape index (κ3) is 5.46. The number of piperidine rings is 1. The van der Waals surface area contributed by atoms with Crippen molar-refractivity contribution in [2.24, 2.45) is 5.92 Å². The van der Waals surface area contributed by atoms with Crippen LogP contribution < -0.4 is 10.6 Å². The molecule has 0 spiro atoms. The van der Waals surface area contributed by atoms with Crippen molar-refractivity contribution < 1.29 is 18.0 Å². The average Bonchev–Trinajstić information content (AvgIpc) is 2.34. The minimum atomic E-state index is -3.13. The molecule has 2 amide bonds. The third-order valence-corrected chi connectivity index (χ3v) is 4.52. The maximum absolute atomic E-state index is 11.5. The molecule has 0 aliphatic carbocycles. The molecule has 0 aromatic heterocycles. The van der Waals surface area contributed by atoms with E-state index in [9.17, 15) is 18.0 Å². The highest BCUT2D eigenvalue weighted by molar-refractivity contribution is 7.88. The molecule has 8 heteroatoms. The normalized spacial score (nSPS) is 18.0. The Balaban J connectivity index is 2.31. The van der Waals surface area contributed by atoms with Crippen LogP contribution in [0.15, 0.2) is 0 Å². The Kier molecular flexibility index (Phi) is 5.94. The van der Waals surface area contributed by atoms with Gasteiger partial charge < -0.3 is 10.6 Å². The van der Waals surface area contributed by atoms with E-state index >= 15 is 0 Å². The number of hydrogen-bond acceptors (Lipinski definition) is 4. The van der Waals surface area contributed by atoms with Gasteiger partial charge >= 0.3 is 11.8 Å². The van der Waals surface area contributed by atoms with Crippen molar-refractivity contribution in [1.82, 2.24) is 14.9 Å². The van der Waals surface area contributed by atoms with E-state index in [-0.39, 0.29) is 12.0 Å². The Bertz CT molecular complexity index is 453. The Hall–Kier alpha value is -1.15. The summed E-state index contributed by atoms with van der Waals surface area (Å²) in [6.07, 6.45) is 2.59. The zero-order chi connectivity index (χ0) is 15.3. The smallest absolute Gasteiger partial charge is 0.309 e. The number of nitrogens with zero attached hydrogens (tertiary/aromatic N) is 1. The quantitative estimate of drug-likeness (QED) is 0.671. The Labute approximate surface area is 120 Å². The van der Waals surface area contributed by atoms with Gasteiger partial charge in [0.15, 0.2) is 0 Å². The molecule has 0 aromatic rings. The summed E-state index contributed by atoms with van der Waals surface area (Å²) in [5, 5.41) is 5.11. The molecule has 1 rings (SSSR count). The van der Waals surface area contributed by atoms with Crippen molar-refractivity contribution in [3.8, 4) is 0 Å². The summed E-state index contributed by atoms with van der Waals surface area (Å²) in [6.45, 7) is 4.91. The van der Waals surface area contributed by atoms with Crippen LogP contribution in [0.5, 0.6) is 0 Å². The number of hydrogen-bond donors (Lipinski definition) is 2. The van der Waals surface area contributed by atoms with E-state index in [1.165, 1.54) is 10.6 Å². The topological polar surface area (TPSA) is 95.6 Å². The number of nitrogens with one attached hydrogen (secondary N) is 2. The predicted molar refractivity (Wildman–Crippen MR) is 75.4 cm³/mol. The summed E-state index contributed by atoms with van der Waals surface area (Å²) in [5.74, 6) is -1.05. The van der Waals surface area contributed by atoms with Gasteiger partial charge in [0.2, 0.25) is 10.0 Å². The average molecular weight is 305 g/mol. The Morgan fingerprint density at radius 3 is 2.20 bits per heavy atom. The second-order valence-electron chi connectivity index (χ2n) is 5.44. The fourth-order valence-corrected chi connectivity index (χ4v) is 2.96. The summed E-state index contributed by atoms with van der Waals surface area (Å²) in [5.41, 5.74) is 0. The summed E-state index contributed by atoms with van der Waals surface area (Å²) in [7, 11) is -3.13. The molecule has 1 saturated heterocycles. The first-order valence-corrected chi connectivity index (χ1v) is 8.58. The Morgan fingerprint density at radius 2 is 1.75 bits per heavy atom. The molecule has 0 atom stereocenters. The minimum absolute atomic E-state index is 0.0775. The lowest BCUT2D eigenvalue weighted by molar-refractivity contribution is -0.139. The monoisotopic (exact) mass is 305 g/mol. The van der Waals surface area contributed by atoms with Crippen LogP contribution in [0.1, 0.15) is 26.7 Å². The van der Waals surface area contributed by atoms with E-state index in [2.05, 4.69) is 10.6 Å². The van der Waals surface area contributed by atoms with Crippen LogP contribution >= 0.6 is 0 Å². The van der Waals surface area contributed by atoms with Crippen molar-refractivity contribution in [2.75, 3.05) is 25.9 Å². The third-order valence-electron chi connectivity index (χ3n) is 3.22. The highest BCUT2D eigenvalue weighted by Gasteiger charge is 2.25. The van der Waals surface area contributed by atoms with Crippen LogP contribution in [0.4, 0.5) is 0 Å². The molecule has 0 unspecified atom stereocenters. The first-order valence-electron chi connectivity index (χ1n) is 6.74. The number of carbonyl (C=O) groups excluding carboxylic acids is 2. The van der Waals surface area contributed by atoms with Crippen molar-refractivity contribution >= 4 is 21.8 Å². The molecule has 20 heavy (non-hydrogen) atoms. The van der Waals surface area contributed by atoms with E-state index < -0.39 is 21.8 Å². The summed E-state index contributed by atoms with van der Waals surface area (Å²) >= 11 is 0. The zero-order valence-electron chi connectivity index (χ0n) is 12.2. The minimum Gasteiger partial charge on any atom is -0.348 e. The van der Waals surface area contributed by atoms with E-state index in [1.807, 2.05) is 0 Å². The lowest BCUT2D eigenvalue weighted by Crippen LogP contribution is -2.45. The van der Waals surface area contributed by atoms with Gasteiger partial charge in [0.25, 0.3) is 0 Å². The predicted octanol–water partition coefficient (Wildman–Crippen LogP) is -0.701. The molecule has 2 N–H and O–H groups in total. The second-order valence-corrected chi connectivity index (χ2v) is 7.43.